The molecular weight excluding hydrogens is 156 g/mol. The van der Waals surface area contributed by atoms with Gasteiger partial charge in [0.15, 0.2) is 0 Å². The molecule has 3 nitrogen and oxygen atoms in total. The molecule has 7 heavy (non-hydrogen) atoms. The van der Waals surface area contributed by atoms with Crippen molar-refractivity contribution in [2.45, 2.75) is 0 Å². The molecule has 0 aromatic carbocycles. The first-order chi connectivity index (χ1) is 2.00. The Morgan fingerprint density at radius 1 is 1.43 bits per heavy atom. The molecular formula is CH4FO3SSc. The maximum Gasteiger partial charge on any atom is 0.261 e. The minimum atomic E-state index is -3.67. The Balaban J connectivity index is -0.0000000800. The summed E-state index contributed by atoms with van der Waals surface area (Å²) in [5.41, 5.74) is 0. The zero-order valence-electron chi connectivity index (χ0n) is 3.63. The summed E-state index contributed by atoms with van der Waals surface area (Å²) in [6.45, 7) is 0. The van der Waals surface area contributed by atoms with Crippen LogP contribution in [0.5, 0.6) is 0 Å². The molecule has 0 unspecified atom stereocenters. The first kappa shape index (κ1) is 15.6. The SMILES string of the molecule is CS(=O)(=O)O.[F].[Sc]. The van der Waals surface area contributed by atoms with E-state index in [1.807, 2.05) is 0 Å². The fraction of sp³-hybridized carbons (Fsp3) is 1.00. The predicted molar refractivity (Wildman–Crippen MR) is 18.6 cm³/mol. The van der Waals surface area contributed by atoms with Crippen molar-refractivity contribution in [2.24, 2.45) is 0 Å². The summed E-state index contributed by atoms with van der Waals surface area (Å²) in [5, 5.41) is 0. The van der Waals surface area contributed by atoms with Crippen LogP contribution < -0.4 is 0 Å². The molecule has 0 fully saturated rings. The van der Waals surface area contributed by atoms with Crippen molar-refractivity contribution in [3.63, 3.8) is 0 Å². The Hall–Kier alpha value is 0.710. The van der Waals surface area contributed by atoms with Gasteiger partial charge in [-0.1, -0.05) is 0 Å². The van der Waals surface area contributed by atoms with E-state index < -0.39 is 10.1 Å². The van der Waals surface area contributed by atoms with Crippen LogP contribution in [0, 0.1) is 0 Å². The maximum absolute atomic E-state index is 9.19. The van der Waals surface area contributed by atoms with Gasteiger partial charge < -0.3 is 0 Å². The molecule has 0 bridgehead atoms. The minimum absolute atomic E-state index is 0. The number of rotatable bonds is 0. The second-order valence-corrected chi connectivity index (χ2v) is 2.20. The molecule has 0 atom stereocenters. The third-order valence-corrected chi connectivity index (χ3v) is 0. The number of halogens is 1. The van der Waals surface area contributed by atoms with Crippen molar-refractivity contribution in [3.05, 3.63) is 0 Å². The summed E-state index contributed by atoms with van der Waals surface area (Å²) in [5.74, 6) is 0. The largest absolute Gasteiger partial charge is 0.286 e. The van der Waals surface area contributed by atoms with Gasteiger partial charge >= 0.3 is 0 Å². The van der Waals surface area contributed by atoms with Crippen LogP contribution in [0.15, 0.2) is 0 Å². The van der Waals surface area contributed by atoms with E-state index in [4.69, 9.17) is 4.55 Å². The van der Waals surface area contributed by atoms with E-state index in [2.05, 4.69) is 0 Å². The van der Waals surface area contributed by atoms with E-state index in [1.54, 1.807) is 0 Å². The van der Waals surface area contributed by atoms with Crippen LogP contribution >= 0.6 is 0 Å². The number of hydrogen-bond acceptors (Lipinski definition) is 2. The zero-order valence-corrected chi connectivity index (χ0v) is 6.25. The molecule has 0 rings (SSSR count). The molecule has 0 heterocycles. The Kier molecular flexibility index (Phi) is 10.9. The summed E-state index contributed by atoms with van der Waals surface area (Å²) in [7, 11) is -3.67. The van der Waals surface area contributed by atoms with Crippen molar-refractivity contribution in [3.8, 4) is 0 Å². The van der Waals surface area contributed by atoms with Gasteiger partial charge in [-0.3, -0.25) is 4.55 Å². The molecule has 0 spiro atoms. The van der Waals surface area contributed by atoms with Crippen molar-refractivity contribution < 1.29 is 43.5 Å². The van der Waals surface area contributed by atoms with Crippen LogP contribution in [0.25, 0.3) is 0 Å². The average molecular weight is 160 g/mol. The summed E-state index contributed by atoms with van der Waals surface area (Å²) in [6, 6.07) is 0. The van der Waals surface area contributed by atoms with Gasteiger partial charge in [0.25, 0.3) is 10.1 Å². The van der Waals surface area contributed by atoms with Gasteiger partial charge in [-0.05, 0) is 0 Å². The Morgan fingerprint density at radius 3 is 1.43 bits per heavy atom. The molecule has 6 heteroatoms. The van der Waals surface area contributed by atoms with E-state index in [1.165, 1.54) is 0 Å². The predicted octanol–water partition coefficient (Wildman–Crippen LogP) is -0.0783. The van der Waals surface area contributed by atoms with Gasteiger partial charge in [-0.15, -0.1) is 0 Å². The zero-order chi connectivity index (χ0) is 4.50. The first-order valence-electron chi connectivity index (χ1n) is 0.924. The smallest absolute Gasteiger partial charge is 0.261 e. The van der Waals surface area contributed by atoms with Crippen molar-refractivity contribution in [1.82, 2.24) is 0 Å². The third kappa shape index (κ3) is 295. The Labute approximate surface area is 60.0 Å². The molecule has 0 aliphatic carbocycles. The summed E-state index contributed by atoms with van der Waals surface area (Å²) in [4.78, 5) is 0. The van der Waals surface area contributed by atoms with Crippen LogP contribution in [0.4, 0.5) is 4.70 Å². The monoisotopic (exact) mass is 160 g/mol. The van der Waals surface area contributed by atoms with Crippen LogP contribution in [0.3, 0.4) is 0 Å². The molecule has 0 aliphatic rings. The number of hydrogen-bond donors (Lipinski definition) is 1. The van der Waals surface area contributed by atoms with E-state index in [0.29, 0.717) is 6.26 Å². The van der Waals surface area contributed by atoms with E-state index in [-0.39, 0.29) is 30.5 Å². The van der Waals surface area contributed by atoms with Crippen LogP contribution in [-0.4, -0.2) is 19.2 Å². The Bertz CT molecular complexity index is 98.1. The second-order valence-electron chi connectivity index (χ2n) is 0.733. The van der Waals surface area contributed by atoms with Gasteiger partial charge in [0.1, 0.15) is 0 Å². The molecule has 1 N–H and O–H groups in total. The van der Waals surface area contributed by atoms with Crippen molar-refractivity contribution in [2.75, 3.05) is 6.26 Å². The molecule has 2 radical (unpaired) electrons. The minimum Gasteiger partial charge on any atom is -0.286 e. The summed E-state index contributed by atoms with van der Waals surface area (Å²) < 4.78 is 25.9. The van der Waals surface area contributed by atoms with Gasteiger partial charge in [0, 0.05) is 30.5 Å². The molecule has 0 aliphatic heterocycles. The van der Waals surface area contributed by atoms with E-state index in [0.717, 1.165) is 0 Å². The van der Waals surface area contributed by atoms with E-state index in [9.17, 15) is 8.42 Å². The Morgan fingerprint density at radius 2 is 1.43 bits per heavy atom. The maximum atomic E-state index is 9.19. The second kappa shape index (κ2) is 4.86. The van der Waals surface area contributed by atoms with Crippen LogP contribution in [-0.2, 0) is 36.0 Å². The fourth-order valence-electron chi connectivity index (χ4n) is 0. The molecule has 0 amide bonds. The van der Waals surface area contributed by atoms with Gasteiger partial charge in [-0.25, -0.2) is 0 Å². The fourth-order valence-corrected chi connectivity index (χ4v) is 0. The van der Waals surface area contributed by atoms with Gasteiger partial charge in [0.2, 0.25) is 0 Å². The first-order valence-corrected chi connectivity index (χ1v) is 2.77. The quantitative estimate of drug-likeness (QED) is 0.504. The molecule has 0 saturated carbocycles. The topological polar surface area (TPSA) is 54.4 Å². The van der Waals surface area contributed by atoms with Crippen LogP contribution in [0.1, 0.15) is 0 Å². The van der Waals surface area contributed by atoms with Crippen LogP contribution in [0.2, 0.25) is 0 Å². The molecule has 0 aromatic heterocycles. The summed E-state index contributed by atoms with van der Waals surface area (Å²) >= 11 is 0. The van der Waals surface area contributed by atoms with Gasteiger partial charge in [-0.2, -0.15) is 8.42 Å². The standard InChI is InChI=1S/CH4O3S.F.Sc/c1-5(2,3)4;;/h1H3,(H,2,3,4);;. The molecule has 0 aromatic rings. The molecule has 42 valence electrons. The molecule has 0 saturated heterocycles. The normalized spacial score (nSPS) is 8.29. The van der Waals surface area contributed by atoms with Crippen molar-refractivity contribution >= 4 is 10.1 Å². The van der Waals surface area contributed by atoms with Crippen molar-refractivity contribution in [1.29, 1.82) is 0 Å². The average Bonchev–Trinajstić information content (AvgIpc) is 0.722. The summed E-state index contributed by atoms with van der Waals surface area (Å²) in [6.07, 6.45) is 0.715. The van der Waals surface area contributed by atoms with E-state index >= 15 is 0 Å². The van der Waals surface area contributed by atoms with Gasteiger partial charge in [0.05, 0.1) is 6.26 Å². The third-order valence-electron chi connectivity index (χ3n) is 0.